The predicted octanol–water partition coefficient (Wildman–Crippen LogP) is 1.54. The van der Waals surface area contributed by atoms with Gasteiger partial charge in [0.15, 0.2) is 0 Å². The summed E-state index contributed by atoms with van der Waals surface area (Å²) in [4.78, 5) is 0. The lowest BCUT2D eigenvalue weighted by molar-refractivity contribution is 0.0285. The van der Waals surface area contributed by atoms with Gasteiger partial charge < -0.3 is 5.11 Å². The van der Waals surface area contributed by atoms with Crippen LogP contribution < -0.4 is 5.23 Å². The number of hydrogen-bond donors (Lipinski definition) is 3. The summed E-state index contributed by atoms with van der Waals surface area (Å²) in [6.07, 6.45) is 0.541. The molecule has 66 valence electrons. The minimum absolute atomic E-state index is 0.0125. The van der Waals surface area contributed by atoms with Gasteiger partial charge in [-0.1, -0.05) is 13.0 Å². The summed E-state index contributed by atoms with van der Waals surface area (Å²) in [5.41, 5.74) is 0.722. The summed E-state index contributed by atoms with van der Waals surface area (Å²) in [7, 11) is 0. The zero-order valence-electron chi connectivity index (χ0n) is 6.73. The highest BCUT2D eigenvalue weighted by Crippen LogP contribution is 2.27. The molecule has 4 nitrogen and oxygen atoms in total. The van der Waals surface area contributed by atoms with Crippen LogP contribution in [0.3, 0.4) is 0 Å². The van der Waals surface area contributed by atoms with E-state index in [1.807, 2.05) is 6.92 Å². The first-order chi connectivity index (χ1) is 5.66. The van der Waals surface area contributed by atoms with Gasteiger partial charge in [-0.15, -0.1) is 5.23 Å². The molecule has 12 heavy (non-hydrogen) atoms. The molecule has 0 spiro atoms. The summed E-state index contributed by atoms with van der Waals surface area (Å²) in [5, 5.41) is 26.8. The van der Waals surface area contributed by atoms with Gasteiger partial charge in [0.1, 0.15) is 11.4 Å². The molecule has 3 N–H and O–H groups in total. The third kappa shape index (κ3) is 1.49. The largest absolute Gasteiger partial charge is 0.508 e. The predicted molar refractivity (Wildman–Crippen MR) is 43.5 cm³/mol. The fraction of sp³-hybridized carbons (Fsp3) is 0.250. The molecule has 1 aromatic carbocycles. The van der Waals surface area contributed by atoms with Gasteiger partial charge in [0.05, 0.1) is 0 Å². The second-order valence-corrected chi connectivity index (χ2v) is 2.42. The highest BCUT2D eigenvalue weighted by Gasteiger charge is 2.08. The van der Waals surface area contributed by atoms with Gasteiger partial charge in [-0.25, -0.2) is 0 Å². The Labute approximate surface area is 70.2 Å². The molecule has 0 aliphatic rings. The van der Waals surface area contributed by atoms with Crippen LogP contribution in [0.5, 0.6) is 5.75 Å². The first kappa shape index (κ1) is 8.83. The number of nitrogens with zero attached hydrogens (tertiary/aromatic N) is 1. The van der Waals surface area contributed by atoms with Crippen LogP contribution in [0.25, 0.3) is 0 Å². The molecule has 0 aromatic heterocycles. The smallest absolute Gasteiger partial charge is 0.121 e. The molecule has 0 bridgehead atoms. The molecule has 0 atom stereocenters. The van der Waals surface area contributed by atoms with E-state index in [1.54, 1.807) is 6.07 Å². The van der Waals surface area contributed by atoms with Crippen LogP contribution in [0.4, 0.5) is 5.69 Å². The SMILES string of the molecule is CCc1c(O)cccc1N(O)O. The quantitative estimate of drug-likeness (QED) is 0.587. The Morgan fingerprint density at radius 3 is 2.42 bits per heavy atom. The van der Waals surface area contributed by atoms with Crippen molar-refractivity contribution >= 4 is 5.69 Å². The molecule has 0 saturated carbocycles. The zero-order valence-corrected chi connectivity index (χ0v) is 6.73. The molecule has 1 rings (SSSR count). The maximum Gasteiger partial charge on any atom is 0.121 e. The molecule has 0 heterocycles. The monoisotopic (exact) mass is 169 g/mol. The Balaban J connectivity index is 3.18. The van der Waals surface area contributed by atoms with Crippen molar-refractivity contribution in [3.63, 3.8) is 0 Å². The first-order valence-corrected chi connectivity index (χ1v) is 3.65. The van der Waals surface area contributed by atoms with Crippen molar-refractivity contribution in [1.29, 1.82) is 0 Å². The van der Waals surface area contributed by atoms with E-state index in [0.29, 0.717) is 12.0 Å². The molecular weight excluding hydrogens is 158 g/mol. The van der Waals surface area contributed by atoms with Crippen molar-refractivity contribution in [2.45, 2.75) is 13.3 Å². The van der Waals surface area contributed by atoms with E-state index in [4.69, 9.17) is 10.4 Å². The van der Waals surface area contributed by atoms with E-state index in [1.165, 1.54) is 12.1 Å². The molecule has 0 aliphatic heterocycles. The minimum Gasteiger partial charge on any atom is -0.508 e. The number of phenols is 1. The van der Waals surface area contributed by atoms with E-state index in [2.05, 4.69) is 0 Å². The molecule has 0 radical (unpaired) electrons. The lowest BCUT2D eigenvalue weighted by Crippen LogP contribution is -2.12. The summed E-state index contributed by atoms with van der Waals surface area (Å²) in [6, 6.07) is 4.56. The lowest BCUT2D eigenvalue weighted by Gasteiger charge is -2.12. The van der Waals surface area contributed by atoms with Crippen molar-refractivity contribution in [1.82, 2.24) is 0 Å². The Hall–Kier alpha value is -1.26. The van der Waals surface area contributed by atoms with Crippen molar-refractivity contribution in [3.8, 4) is 5.75 Å². The molecule has 0 fully saturated rings. The maximum atomic E-state index is 9.29. The molecule has 0 unspecified atom stereocenters. The zero-order chi connectivity index (χ0) is 9.14. The van der Waals surface area contributed by atoms with Gasteiger partial charge in [-0.05, 0) is 18.6 Å². The van der Waals surface area contributed by atoms with Crippen LogP contribution in [0.15, 0.2) is 18.2 Å². The van der Waals surface area contributed by atoms with Gasteiger partial charge in [-0.3, -0.25) is 10.4 Å². The lowest BCUT2D eigenvalue weighted by atomic mass is 10.1. The van der Waals surface area contributed by atoms with Crippen molar-refractivity contribution in [2.24, 2.45) is 0 Å². The molecule has 0 aliphatic carbocycles. The summed E-state index contributed by atoms with van der Waals surface area (Å²) >= 11 is 0. The second-order valence-electron chi connectivity index (χ2n) is 2.42. The van der Waals surface area contributed by atoms with Gasteiger partial charge >= 0.3 is 0 Å². The summed E-state index contributed by atoms with van der Waals surface area (Å²) < 4.78 is 0. The topological polar surface area (TPSA) is 63.9 Å². The Morgan fingerprint density at radius 2 is 2.00 bits per heavy atom. The summed E-state index contributed by atoms with van der Waals surface area (Å²) in [5.74, 6) is 0.0723. The Bertz CT molecular complexity index is 273. The van der Waals surface area contributed by atoms with Crippen molar-refractivity contribution in [3.05, 3.63) is 23.8 Å². The van der Waals surface area contributed by atoms with E-state index >= 15 is 0 Å². The standard InChI is InChI=1S/C8H11NO3/c1-2-6-7(9(11)12)4-3-5-8(6)10/h3-5,10-12H,2H2,1H3. The number of aromatic hydroxyl groups is 1. The van der Waals surface area contributed by atoms with Crippen LogP contribution >= 0.6 is 0 Å². The average Bonchev–Trinajstić information content (AvgIpc) is 2.03. The number of anilines is 1. The van der Waals surface area contributed by atoms with E-state index in [0.717, 1.165) is 0 Å². The molecular formula is C8H11NO3. The van der Waals surface area contributed by atoms with E-state index < -0.39 is 0 Å². The van der Waals surface area contributed by atoms with Crippen LogP contribution in [0, 0.1) is 0 Å². The van der Waals surface area contributed by atoms with Crippen LogP contribution in [-0.2, 0) is 6.42 Å². The number of rotatable bonds is 2. The van der Waals surface area contributed by atoms with Crippen LogP contribution in [0.1, 0.15) is 12.5 Å². The Kier molecular flexibility index (Phi) is 2.52. The van der Waals surface area contributed by atoms with Crippen molar-refractivity contribution < 1.29 is 15.5 Å². The van der Waals surface area contributed by atoms with Gasteiger partial charge in [0, 0.05) is 5.56 Å². The molecule has 1 aromatic rings. The van der Waals surface area contributed by atoms with Crippen LogP contribution in [-0.4, -0.2) is 15.5 Å². The van der Waals surface area contributed by atoms with Gasteiger partial charge in [-0.2, -0.15) is 0 Å². The Morgan fingerprint density at radius 1 is 1.33 bits per heavy atom. The fourth-order valence-electron chi connectivity index (χ4n) is 1.11. The number of phenolic OH excluding ortho intramolecular Hbond substituents is 1. The first-order valence-electron chi connectivity index (χ1n) is 3.65. The average molecular weight is 169 g/mol. The highest BCUT2D eigenvalue weighted by atomic mass is 16.8. The highest BCUT2D eigenvalue weighted by molar-refractivity contribution is 5.55. The van der Waals surface area contributed by atoms with Crippen molar-refractivity contribution in [2.75, 3.05) is 5.23 Å². The van der Waals surface area contributed by atoms with Gasteiger partial charge in [0.25, 0.3) is 0 Å². The number of hydrogen-bond acceptors (Lipinski definition) is 4. The normalized spacial score (nSPS) is 9.92. The molecule has 0 saturated heterocycles. The van der Waals surface area contributed by atoms with E-state index in [-0.39, 0.29) is 16.7 Å². The summed E-state index contributed by atoms with van der Waals surface area (Å²) in [6.45, 7) is 1.82. The minimum atomic E-state index is 0.0125. The van der Waals surface area contributed by atoms with Crippen LogP contribution in [0.2, 0.25) is 0 Å². The third-order valence-corrected chi connectivity index (χ3v) is 1.70. The fourth-order valence-corrected chi connectivity index (χ4v) is 1.11. The molecule has 0 amide bonds. The maximum absolute atomic E-state index is 9.29. The third-order valence-electron chi connectivity index (χ3n) is 1.70. The second kappa shape index (κ2) is 3.42. The van der Waals surface area contributed by atoms with E-state index in [9.17, 15) is 5.11 Å². The van der Waals surface area contributed by atoms with Gasteiger partial charge in [0.2, 0.25) is 0 Å². The molecule has 4 heteroatoms. The number of benzene rings is 1.